The topological polar surface area (TPSA) is 43.4 Å². The summed E-state index contributed by atoms with van der Waals surface area (Å²) >= 11 is 2.85. The first-order valence-corrected chi connectivity index (χ1v) is 3.62. The van der Waals surface area contributed by atoms with Crippen molar-refractivity contribution in [3.8, 4) is 0 Å². The van der Waals surface area contributed by atoms with Crippen molar-refractivity contribution in [3.05, 3.63) is 0 Å². The molecule has 0 aromatic carbocycles. The van der Waals surface area contributed by atoms with Gasteiger partial charge < -0.3 is 4.74 Å². The van der Waals surface area contributed by atoms with Crippen molar-refractivity contribution >= 4 is 27.9 Å². The lowest BCUT2D eigenvalue weighted by Gasteiger charge is -1.94. The molecule has 0 saturated carbocycles. The summed E-state index contributed by atoms with van der Waals surface area (Å²) in [4.78, 5) is 20.6. The SMILES string of the molecule is CCC(=O)OC(=O)CBr. The quantitative estimate of drug-likeness (QED) is 0.373. The van der Waals surface area contributed by atoms with Gasteiger partial charge in [-0.3, -0.25) is 9.59 Å². The van der Waals surface area contributed by atoms with E-state index in [-0.39, 0.29) is 11.8 Å². The summed E-state index contributed by atoms with van der Waals surface area (Å²) in [6.45, 7) is 1.63. The van der Waals surface area contributed by atoms with Crippen molar-refractivity contribution in [1.82, 2.24) is 0 Å². The van der Waals surface area contributed by atoms with Crippen molar-refractivity contribution in [1.29, 1.82) is 0 Å². The first-order valence-electron chi connectivity index (χ1n) is 2.50. The zero-order chi connectivity index (χ0) is 7.28. The highest BCUT2D eigenvalue weighted by Crippen LogP contribution is 1.88. The lowest BCUT2D eigenvalue weighted by atomic mass is 10.5. The van der Waals surface area contributed by atoms with Crippen molar-refractivity contribution in [2.75, 3.05) is 5.33 Å². The van der Waals surface area contributed by atoms with Crippen LogP contribution in [0.25, 0.3) is 0 Å². The molecule has 52 valence electrons. The lowest BCUT2D eigenvalue weighted by Crippen LogP contribution is -2.11. The highest BCUT2D eigenvalue weighted by molar-refractivity contribution is 9.09. The Morgan fingerprint density at radius 1 is 1.44 bits per heavy atom. The van der Waals surface area contributed by atoms with E-state index in [4.69, 9.17) is 0 Å². The molecule has 0 amide bonds. The molecule has 0 aliphatic heterocycles. The van der Waals surface area contributed by atoms with Crippen LogP contribution in [0.3, 0.4) is 0 Å². The maximum Gasteiger partial charge on any atom is 0.324 e. The predicted octanol–water partition coefficient (Wildman–Crippen LogP) is 0.861. The Kier molecular flexibility index (Phi) is 4.30. The van der Waals surface area contributed by atoms with Crippen LogP contribution < -0.4 is 0 Å². The van der Waals surface area contributed by atoms with Gasteiger partial charge in [0.1, 0.15) is 5.33 Å². The van der Waals surface area contributed by atoms with Gasteiger partial charge in [0.25, 0.3) is 0 Å². The van der Waals surface area contributed by atoms with Gasteiger partial charge in [-0.25, -0.2) is 0 Å². The van der Waals surface area contributed by atoms with Crippen LogP contribution in [-0.4, -0.2) is 17.3 Å². The molecule has 4 heteroatoms. The van der Waals surface area contributed by atoms with Crippen LogP contribution in [0, 0.1) is 0 Å². The smallest absolute Gasteiger partial charge is 0.324 e. The van der Waals surface area contributed by atoms with Crippen molar-refractivity contribution in [3.63, 3.8) is 0 Å². The van der Waals surface area contributed by atoms with Gasteiger partial charge in [0, 0.05) is 6.42 Å². The van der Waals surface area contributed by atoms with E-state index in [1.165, 1.54) is 0 Å². The molecule has 0 heterocycles. The van der Waals surface area contributed by atoms with Crippen LogP contribution in [-0.2, 0) is 14.3 Å². The first-order chi connectivity index (χ1) is 4.20. The molecule has 3 nitrogen and oxygen atoms in total. The Balaban J connectivity index is 3.47. The molecule has 0 aliphatic rings. The van der Waals surface area contributed by atoms with E-state index in [9.17, 15) is 9.59 Å². The molecular weight excluding hydrogens is 188 g/mol. The minimum Gasteiger partial charge on any atom is -0.393 e. The maximum atomic E-state index is 10.3. The average Bonchev–Trinajstić information content (AvgIpc) is 1.87. The Bertz CT molecular complexity index is 107. The summed E-state index contributed by atoms with van der Waals surface area (Å²) in [5.41, 5.74) is 0. The van der Waals surface area contributed by atoms with Crippen LogP contribution in [0.2, 0.25) is 0 Å². The molecule has 0 aliphatic carbocycles. The Morgan fingerprint density at radius 2 is 2.00 bits per heavy atom. The molecule has 0 aromatic heterocycles. The molecule has 0 radical (unpaired) electrons. The number of rotatable bonds is 2. The second-order valence-electron chi connectivity index (χ2n) is 1.33. The second-order valence-corrected chi connectivity index (χ2v) is 1.89. The zero-order valence-electron chi connectivity index (χ0n) is 5.02. The highest BCUT2D eigenvalue weighted by Gasteiger charge is 2.04. The summed E-state index contributed by atoms with van der Waals surface area (Å²) in [5.74, 6) is -1.03. The number of alkyl halides is 1. The van der Waals surface area contributed by atoms with Gasteiger partial charge >= 0.3 is 11.9 Å². The van der Waals surface area contributed by atoms with Gasteiger partial charge in [-0.15, -0.1) is 0 Å². The number of carbonyl (C=O) groups excluding carboxylic acids is 2. The predicted molar refractivity (Wildman–Crippen MR) is 35.2 cm³/mol. The molecule has 0 unspecified atom stereocenters. The van der Waals surface area contributed by atoms with E-state index in [2.05, 4.69) is 20.7 Å². The second kappa shape index (κ2) is 4.49. The average molecular weight is 195 g/mol. The number of halogens is 1. The zero-order valence-corrected chi connectivity index (χ0v) is 6.60. The Labute approximate surface area is 61.5 Å². The Morgan fingerprint density at radius 3 is 2.33 bits per heavy atom. The fraction of sp³-hybridized carbons (Fsp3) is 0.600. The van der Waals surface area contributed by atoms with Crippen molar-refractivity contribution in [2.45, 2.75) is 13.3 Å². The molecule has 9 heavy (non-hydrogen) atoms. The molecule has 0 atom stereocenters. The monoisotopic (exact) mass is 194 g/mol. The van der Waals surface area contributed by atoms with Crippen LogP contribution in [0.15, 0.2) is 0 Å². The van der Waals surface area contributed by atoms with E-state index < -0.39 is 11.9 Å². The molecule has 0 fully saturated rings. The van der Waals surface area contributed by atoms with Gasteiger partial charge in [0.15, 0.2) is 0 Å². The van der Waals surface area contributed by atoms with Crippen LogP contribution >= 0.6 is 15.9 Å². The van der Waals surface area contributed by atoms with E-state index in [1.54, 1.807) is 6.92 Å². The highest BCUT2D eigenvalue weighted by atomic mass is 79.9. The standard InChI is InChI=1S/C5H7BrO3/c1-2-4(7)9-5(8)3-6/h2-3H2,1H3. The lowest BCUT2D eigenvalue weighted by molar-refractivity contribution is -0.157. The number of ether oxygens (including phenoxy) is 1. The van der Waals surface area contributed by atoms with Crippen molar-refractivity contribution in [2.24, 2.45) is 0 Å². The number of carbonyl (C=O) groups is 2. The van der Waals surface area contributed by atoms with Crippen LogP contribution in [0.4, 0.5) is 0 Å². The van der Waals surface area contributed by atoms with Gasteiger partial charge in [-0.1, -0.05) is 22.9 Å². The van der Waals surface area contributed by atoms with E-state index in [0.717, 1.165) is 0 Å². The molecule has 0 saturated heterocycles. The Hall–Kier alpha value is -0.380. The summed E-state index contributed by atoms with van der Waals surface area (Å²) < 4.78 is 4.22. The number of hydrogen-bond acceptors (Lipinski definition) is 3. The molecule has 0 N–H and O–H groups in total. The third-order valence-electron chi connectivity index (χ3n) is 0.625. The minimum absolute atomic E-state index is 0.0682. The van der Waals surface area contributed by atoms with Gasteiger partial charge in [-0.2, -0.15) is 0 Å². The van der Waals surface area contributed by atoms with E-state index >= 15 is 0 Å². The number of hydrogen-bond donors (Lipinski definition) is 0. The first kappa shape index (κ1) is 8.62. The normalized spacial score (nSPS) is 8.67. The molecule has 0 bridgehead atoms. The third kappa shape index (κ3) is 4.14. The summed E-state index contributed by atoms with van der Waals surface area (Å²) in [6.07, 6.45) is 0.235. The third-order valence-corrected chi connectivity index (χ3v) is 1.08. The maximum absolute atomic E-state index is 10.3. The fourth-order valence-corrected chi connectivity index (χ4v) is 0.341. The molecule has 0 spiro atoms. The largest absolute Gasteiger partial charge is 0.393 e. The van der Waals surface area contributed by atoms with Gasteiger partial charge in [0.05, 0.1) is 0 Å². The molecular formula is C5H7BrO3. The van der Waals surface area contributed by atoms with E-state index in [1.807, 2.05) is 0 Å². The molecule has 0 rings (SSSR count). The van der Waals surface area contributed by atoms with Crippen LogP contribution in [0.1, 0.15) is 13.3 Å². The van der Waals surface area contributed by atoms with Crippen molar-refractivity contribution < 1.29 is 14.3 Å². The van der Waals surface area contributed by atoms with E-state index in [0.29, 0.717) is 0 Å². The minimum atomic E-state index is -0.540. The van der Waals surface area contributed by atoms with Crippen LogP contribution in [0.5, 0.6) is 0 Å². The summed E-state index contributed by atoms with van der Waals surface area (Å²) in [5, 5.41) is 0.0682. The summed E-state index contributed by atoms with van der Waals surface area (Å²) in [7, 11) is 0. The van der Waals surface area contributed by atoms with Gasteiger partial charge in [0.2, 0.25) is 0 Å². The number of esters is 2. The summed E-state index contributed by atoms with van der Waals surface area (Å²) in [6, 6.07) is 0. The van der Waals surface area contributed by atoms with Gasteiger partial charge in [-0.05, 0) is 0 Å². The molecule has 0 aromatic rings. The fourth-order valence-electron chi connectivity index (χ4n) is 0.226.